The van der Waals surface area contributed by atoms with E-state index in [-0.39, 0.29) is 11.4 Å². The zero-order valence-electron chi connectivity index (χ0n) is 9.27. The maximum atomic E-state index is 10.7. The zero-order valence-corrected chi connectivity index (χ0v) is 9.27. The lowest BCUT2D eigenvalue weighted by molar-refractivity contribution is -0.201. The van der Waals surface area contributed by atoms with Crippen molar-refractivity contribution in [3.8, 4) is 0 Å². The Kier molecular flexibility index (Phi) is 4.31. The molecule has 0 aliphatic heterocycles. The molecule has 0 amide bonds. The van der Waals surface area contributed by atoms with Crippen molar-refractivity contribution in [3.05, 3.63) is 5.21 Å². The molecule has 3 unspecified atom stereocenters. The number of nitrogens with two attached hydrogens (primary N) is 1. The van der Waals surface area contributed by atoms with E-state index in [4.69, 9.17) is 10.7 Å². The van der Waals surface area contributed by atoms with Gasteiger partial charge < -0.3 is 5.21 Å². The molecule has 0 aromatic rings. The van der Waals surface area contributed by atoms with Crippen LogP contribution in [0.1, 0.15) is 40.0 Å². The van der Waals surface area contributed by atoms with Gasteiger partial charge in [-0.25, -0.2) is 0 Å². The second kappa shape index (κ2) is 5.07. The summed E-state index contributed by atoms with van der Waals surface area (Å²) in [6, 6.07) is 0. The summed E-state index contributed by atoms with van der Waals surface area (Å²) in [5.41, 5.74) is 0. The van der Waals surface area contributed by atoms with Crippen LogP contribution in [0.4, 0.5) is 0 Å². The average molecular weight is 201 g/mol. The highest BCUT2D eigenvalue weighted by Gasteiger charge is 2.31. The van der Waals surface area contributed by atoms with Crippen LogP contribution >= 0.6 is 0 Å². The summed E-state index contributed by atoms with van der Waals surface area (Å²) in [5, 5.41) is 10.8. The van der Waals surface area contributed by atoms with Crippen LogP contribution in [0.25, 0.3) is 0 Å². The number of hydrogen-bond acceptors (Lipinski definition) is 4. The minimum absolute atomic E-state index is 0.00116. The van der Waals surface area contributed by atoms with Crippen molar-refractivity contribution in [1.29, 1.82) is 0 Å². The highest BCUT2D eigenvalue weighted by Crippen LogP contribution is 2.35. The molecule has 1 saturated carbocycles. The first kappa shape index (κ1) is 11.9. The molecule has 1 aliphatic rings. The zero-order chi connectivity index (χ0) is 10.7. The van der Waals surface area contributed by atoms with Crippen molar-refractivity contribution in [2.75, 3.05) is 0 Å². The van der Waals surface area contributed by atoms with E-state index in [9.17, 15) is 5.21 Å². The molecule has 14 heavy (non-hydrogen) atoms. The van der Waals surface area contributed by atoms with Gasteiger partial charge in [-0.1, -0.05) is 27.2 Å². The van der Waals surface area contributed by atoms with E-state index >= 15 is 0 Å². The number of rotatable bonds is 3. The van der Waals surface area contributed by atoms with Gasteiger partial charge in [0.2, 0.25) is 0 Å². The third-order valence-corrected chi connectivity index (χ3v) is 3.20. The summed E-state index contributed by atoms with van der Waals surface area (Å²) in [4.78, 5) is 5.09. The van der Waals surface area contributed by atoms with Crippen LogP contribution in [0, 0.1) is 23.0 Å². The lowest BCUT2D eigenvalue weighted by Crippen LogP contribution is -2.40. The van der Waals surface area contributed by atoms with Crippen molar-refractivity contribution >= 4 is 0 Å². The maximum Gasteiger partial charge on any atom is 0.0830 e. The summed E-state index contributed by atoms with van der Waals surface area (Å²) >= 11 is 0. The Bertz CT molecular complexity index is 172. The fourth-order valence-corrected chi connectivity index (χ4v) is 2.37. The average Bonchev–Trinajstić information content (AvgIpc) is 2.01. The molecular weight excluding hydrogens is 180 g/mol. The van der Waals surface area contributed by atoms with E-state index in [0.717, 1.165) is 12.8 Å². The Balaban J connectivity index is 2.54. The van der Waals surface area contributed by atoms with E-state index in [2.05, 4.69) is 20.8 Å². The van der Waals surface area contributed by atoms with Crippen molar-refractivity contribution < 1.29 is 4.84 Å². The fourth-order valence-electron chi connectivity index (χ4n) is 2.37. The molecule has 0 aromatic carbocycles. The standard InChI is InChI=1S/C10H21N2O2/c1-7(2)9-5-4-8(3)6-10(9)14-12(11)13/h7-10H,4-6,11H2,1-3H3/q-1. The second-order valence-corrected chi connectivity index (χ2v) is 4.76. The molecule has 0 spiro atoms. The summed E-state index contributed by atoms with van der Waals surface area (Å²) < 4.78 is 0. The van der Waals surface area contributed by atoms with E-state index in [1.165, 1.54) is 6.42 Å². The number of hydrogen-bond donors (Lipinski definition) is 1. The summed E-state index contributed by atoms with van der Waals surface area (Å²) in [6.45, 7) is 6.53. The first-order chi connectivity index (χ1) is 6.50. The van der Waals surface area contributed by atoms with Gasteiger partial charge in [0, 0.05) is 0 Å². The molecule has 0 bridgehead atoms. The highest BCUT2D eigenvalue weighted by atomic mass is 16.9. The normalized spacial score (nSPS) is 34.1. The minimum atomic E-state index is 0.00116. The van der Waals surface area contributed by atoms with Crippen LogP contribution in [-0.2, 0) is 4.84 Å². The van der Waals surface area contributed by atoms with Gasteiger partial charge in [0.1, 0.15) is 0 Å². The molecule has 0 heterocycles. The Morgan fingerprint density at radius 1 is 1.43 bits per heavy atom. The summed E-state index contributed by atoms with van der Waals surface area (Å²) in [5.74, 6) is 6.63. The lowest BCUT2D eigenvalue weighted by Gasteiger charge is -2.39. The molecule has 1 rings (SSSR count). The molecule has 2 N–H and O–H groups in total. The molecule has 4 heteroatoms. The van der Waals surface area contributed by atoms with E-state index in [1.54, 1.807) is 0 Å². The Morgan fingerprint density at radius 3 is 2.57 bits per heavy atom. The van der Waals surface area contributed by atoms with Crippen LogP contribution in [0.2, 0.25) is 0 Å². The molecule has 1 fully saturated rings. The van der Waals surface area contributed by atoms with Crippen molar-refractivity contribution in [2.45, 2.75) is 46.1 Å². The Labute approximate surface area is 85.9 Å². The smallest absolute Gasteiger partial charge is 0.0830 e. The molecule has 0 aromatic heterocycles. The summed E-state index contributed by atoms with van der Waals surface area (Å²) in [7, 11) is 0. The first-order valence-electron chi connectivity index (χ1n) is 5.39. The van der Waals surface area contributed by atoms with Gasteiger partial charge in [-0.3, -0.25) is 10.7 Å². The van der Waals surface area contributed by atoms with Gasteiger partial charge in [0.15, 0.2) is 0 Å². The lowest BCUT2D eigenvalue weighted by atomic mass is 9.75. The monoisotopic (exact) mass is 201 g/mol. The van der Waals surface area contributed by atoms with Gasteiger partial charge in [-0.15, -0.1) is 0 Å². The Morgan fingerprint density at radius 2 is 2.07 bits per heavy atom. The number of hydrazine groups is 1. The maximum absolute atomic E-state index is 10.7. The molecule has 84 valence electrons. The molecule has 4 nitrogen and oxygen atoms in total. The number of nitrogens with zero attached hydrogens (tertiary/aromatic N) is 1. The van der Waals surface area contributed by atoms with E-state index < -0.39 is 0 Å². The van der Waals surface area contributed by atoms with Crippen molar-refractivity contribution in [3.63, 3.8) is 0 Å². The predicted octanol–water partition coefficient (Wildman–Crippen LogP) is 2.05. The van der Waals surface area contributed by atoms with Crippen molar-refractivity contribution in [2.24, 2.45) is 23.6 Å². The van der Waals surface area contributed by atoms with Crippen LogP contribution in [-0.4, -0.2) is 11.4 Å². The minimum Gasteiger partial charge on any atom is -0.748 e. The fraction of sp³-hybridized carbons (Fsp3) is 1.00. The van der Waals surface area contributed by atoms with Crippen LogP contribution in [0.5, 0.6) is 0 Å². The molecular formula is C10H21N2O2-. The molecule has 0 radical (unpaired) electrons. The van der Waals surface area contributed by atoms with Crippen LogP contribution in [0.3, 0.4) is 0 Å². The molecule has 0 saturated heterocycles. The largest absolute Gasteiger partial charge is 0.748 e. The van der Waals surface area contributed by atoms with Gasteiger partial charge in [-0.05, 0) is 30.6 Å². The van der Waals surface area contributed by atoms with Gasteiger partial charge >= 0.3 is 0 Å². The quantitative estimate of drug-likeness (QED) is 0.560. The predicted molar refractivity (Wildman–Crippen MR) is 55.6 cm³/mol. The van der Waals surface area contributed by atoms with E-state index in [1.807, 2.05) is 0 Å². The van der Waals surface area contributed by atoms with Gasteiger partial charge in [0.25, 0.3) is 0 Å². The van der Waals surface area contributed by atoms with Crippen LogP contribution in [0.15, 0.2) is 0 Å². The second-order valence-electron chi connectivity index (χ2n) is 4.76. The van der Waals surface area contributed by atoms with Gasteiger partial charge in [-0.2, -0.15) is 5.34 Å². The summed E-state index contributed by atoms with van der Waals surface area (Å²) in [6.07, 6.45) is 3.31. The molecule has 3 atom stereocenters. The van der Waals surface area contributed by atoms with Gasteiger partial charge in [0.05, 0.1) is 6.10 Å². The van der Waals surface area contributed by atoms with Crippen molar-refractivity contribution in [1.82, 2.24) is 5.34 Å². The SMILES string of the molecule is CC1CCC(C(C)C)C(ON(N)[O-])C1. The third kappa shape index (κ3) is 3.20. The Hall–Kier alpha value is -0.160. The first-order valence-corrected chi connectivity index (χ1v) is 5.39. The third-order valence-electron chi connectivity index (χ3n) is 3.20. The van der Waals surface area contributed by atoms with Crippen LogP contribution < -0.4 is 5.84 Å². The molecule has 1 aliphatic carbocycles. The van der Waals surface area contributed by atoms with E-state index in [0.29, 0.717) is 17.8 Å². The topological polar surface area (TPSA) is 61.5 Å². The highest BCUT2D eigenvalue weighted by molar-refractivity contribution is 4.80.